The van der Waals surface area contributed by atoms with Crippen LogP contribution in [0.15, 0.2) is 40.9 Å². The van der Waals surface area contributed by atoms with Crippen molar-refractivity contribution in [3.05, 3.63) is 36.0 Å². The van der Waals surface area contributed by atoms with Gasteiger partial charge in [0.05, 0.1) is 4.90 Å². The largest absolute Gasteiger partial charge is 0.360 e. The first-order chi connectivity index (χ1) is 12.8. The number of hydrogen-bond donors (Lipinski definition) is 3. The predicted molar refractivity (Wildman–Crippen MR) is 97.0 cm³/mol. The van der Waals surface area contributed by atoms with E-state index >= 15 is 0 Å². The Morgan fingerprint density at radius 2 is 2.19 bits per heavy atom. The second-order valence-electron chi connectivity index (χ2n) is 5.91. The fourth-order valence-corrected chi connectivity index (χ4v) is 3.08. The monoisotopic (exact) mass is 392 g/mol. The van der Waals surface area contributed by atoms with Gasteiger partial charge in [-0.05, 0) is 31.0 Å². The maximum atomic E-state index is 12.0. The fourth-order valence-electron chi connectivity index (χ4n) is 2.56. The average molecular weight is 392 g/mol. The number of hydrogen-bond acceptors (Lipinski definition) is 6. The molecule has 3 N–H and O–H groups in total. The van der Waals surface area contributed by atoms with Crippen molar-refractivity contribution < 1.29 is 22.6 Å². The molecular formula is C17H20N4O5S. The minimum atomic E-state index is -4.34. The van der Waals surface area contributed by atoms with Gasteiger partial charge in [0.2, 0.25) is 5.91 Å². The van der Waals surface area contributed by atoms with Crippen LogP contribution < -0.4 is 10.6 Å². The van der Waals surface area contributed by atoms with Crippen molar-refractivity contribution in [3.8, 4) is 6.07 Å². The van der Waals surface area contributed by atoms with Gasteiger partial charge >= 0.3 is 0 Å². The number of rotatable bonds is 8. The Bertz CT molecular complexity index is 889. The van der Waals surface area contributed by atoms with Crippen molar-refractivity contribution in [2.75, 3.05) is 25.0 Å². The van der Waals surface area contributed by atoms with Crippen LogP contribution in [-0.4, -0.2) is 49.3 Å². The van der Waals surface area contributed by atoms with Gasteiger partial charge in [0.1, 0.15) is 11.6 Å². The first kappa shape index (κ1) is 20.4. The summed E-state index contributed by atoms with van der Waals surface area (Å²) in [6.45, 7) is 1.62. The van der Waals surface area contributed by atoms with E-state index in [1.54, 1.807) is 11.0 Å². The van der Waals surface area contributed by atoms with Gasteiger partial charge in [-0.25, -0.2) is 0 Å². The molecule has 10 heteroatoms. The Morgan fingerprint density at radius 1 is 1.41 bits per heavy atom. The molecule has 0 unspecified atom stereocenters. The van der Waals surface area contributed by atoms with Crippen molar-refractivity contribution >= 4 is 27.6 Å². The zero-order valence-corrected chi connectivity index (χ0v) is 15.3. The van der Waals surface area contributed by atoms with E-state index in [2.05, 4.69) is 10.6 Å². The lowest BCUT2D eigenvalue weighted by molar-refractivity contribution is -0.127. The van der Waals surface area contributed by atoms with Crippen LogP contribution in [0.2, 0.25) is 0 Å². The molecule has 2 rings (SSSR count). The number of nitriles is 1. The smallest absolute Gasteiger partial charge is 0.294 e. The third-order valence-electron chi connectivity index (χ3n) is 3.94. The number of amides is 2. The Labute approximate surface area is 157 Å². The van der Waals surface area contributed by atoms with Crippen LogP contribution >= 0.6 is 0 Å². The molecule has 1 fully saturated rings. The number of carbonyl (C=O) groups is 2. The molecule has 2 amide bonds. The SMILES string of the molecule is N#C/C(=C/Nc1cccc(S(=O)(=O)O)c1)C(=O)NCCCN1CCCC1=O. The van der Waals surface area contributed by atoms with E-state index in [4.69, 9.17) is 9.81 Å². The standard InChI is InChI=1S/C17H20N4O5S/c18-11-13(12-20-14-4-1-5-15(10-14)27(24,25)26)17(23)19-7-3-9-21-8-2-6-16(21)22/h1,4-5,10,12,20H,2-3,6-9H2,(H,19,23)(H,24,25,26)/b13-12-. The predicted octanol–water partition coefficient (Wildman–Crippen LogP) is 0.881. The Kier molecular flexibility index (Phi) is 6.92. The number of likely N-dealkylation sites (tertiary alicyclic amines) is 1. The lowest BCUT2D eigenvalue weighted by atomic mass is 10.2. The molecular weight excluding hydrogens is 372 g/mol. The number of anilines is 1. The van der Waals surface area contributed by atoms with Gasteiger partial charge < -0.3 is 15.5 Å². The highest BCUT2D eigenvalue weighted by Gasteiger charge is 2.19. The van der Waals surface area contributed by atoms with Crippen LogP contribution in [-0.2, 0) is 19.7 Å². The van der Waals surface area contributed by atoms with E-state index in [1.807, 2.05) is 0 Å². The van der Waals surface area contributed by atoms with Crippen LogP contribution in [0, 0.1) is 11.3 Å². The van der Waals surface area contributed by atoms with E-state index in [1.165, 1.54) is 24.3 Å². The summed E-state index contributed by atoms with van der Waals surface area (Å²) >= 11 is 0. The number of benzene rings is 1. The zero-order chi connectivity index (χ0) is 19.9. The highest BCUT2D eigenvalue weighted by molar-refractivity contribution is 7.85. The van der Waals surface area contributed by atoms with E-state index in [-0.39, 0.29) is 16.4 Å². The fraction of sp³-hybridized carbons (Fsp3) is 0.353. The van der Waals surface area contributed by atoms with Gasteiger partial charge in [0.15, 0.2) is 0 Å². The van der Waals surface area contributed by atoms with Crippen LogP contribution in [0.5, 0.6) is 0 Å². The molecule has 1 aliphatic rings. The summed E-state index contributed by atoms with van der Waals surface area (Å²) in [7, 11) is -4.34. The molecule has 1 aromatic carbocycles. The molecule has 0 saturated carbocycles. The van der Waals surface area contributed by atoms with E-state index in [0.29, 0.717) is 31.6 Å². The van der Waals surface area contributed by atoms with E-state index < -0.39 is 16.0 Å². The summed E-state index contributed by atoms with van der Waals surface area (Å²) < 4.78 is 31.3. The van der Waals surface area contributed by atoms with Gasteiger partial charge in [-0.2, -0.15) is 13.7 Å². The number of nitrogens with one attached hydrogen (secondary N) is 2. The maximum absolute atomic E-state index is 12.0. The van der Waals surface area contributed by atoms with Gasteiger partial charge in [0, 0.05) is 37.9 Å². The summed E-state index contributed by atoms with van der Waals surface area (Å²) in [4.78, 5) is 25.0. The maximum Gasteiger partial charge on any atom is 0.294 e. The van der Waals surface area contributed by atoms with Gasteiger partial charge in [0.25, 0.3) is 16.0 Å². The van der Waals surface area contributed by atoms with Crippen LogP contribution in [0.1, 0.15) is 19.3 Å². The lowest BCUT2D eigenvalue weighted by Crippen LogP contribution is -2.31. The molecule has 1 aliphatic heterocycles. The minimum Gasteiger partial charge on any atom is -0.360 e. The molecule has 0 spiro atoms. The number of nitrogens with zero attached hydrogens (tertiary/aromatic N) is 2. The molecule has 1 saturated heterocycles. The third kappa shape index (κ3) is 6.09. The molecule has 1 heterocycles. The lowest BCUT2D eigenvalue weighted by Gasteiger charge is -2.15. The molecule has 0 bridgehead atoms. The highest BCUT2D eigenvalue weighted by Crippen LogP contribution is 2.15. The molecule has 0 atom stereocenters. The van der Waals surface area contributed by atoms with Gasteiger partial charge in [-0.3, -0.25) is 14.1 Å². The zero-order valence-electron chi connectivity index (χ0n) is 14.5. The summed E-state index contributed by atoms with van der Waals surface area (Å²) in [6.07, 6.45) is 3.16. The molecule has 27 heavy (non-hydrogen) atoms. The third-order valence-corrected chi connectivity index (χ3v) is 4.79. The van der Waals surface area contributed by atoms with Crippen molar-refractivity contribution in [2.45, 2.75) is 24.2 Å². The quantitative estimate of drug-likeness (QED) is 0.258. The van der Waals surface area contributed by atoms with Crippen LogP contribution in [0.25, 0.3) is 0 Å². The van der Waals surface area contributed by atoms with Crippen molar-refractivity contribution in [2.24, 2.45) is 0 Å². The topological polar surface area (TPSA) is 140 Å². The van der Waals surface area contributed by atoms with Crippen LogP contribution in [0.4, 0.5) is 5.69 Å². The molecule has 0 aromatic heterocycles. The summed E-state index contributed by atoms with van der Waals surface area (Å²) in [5.41, 5.74) is 0.0997. The summed E-state index contributed by atoms with van der Waals surface area (Å²) in [6, 6.07) is 7.08. The Morgan fingerprint density at radius 3 is 2.81 bits per heavy atom. The molecule has 144 valence electrons. The van der Waals surface area contributed by atoms with Gasteiger partial charge in [-0.1, -0.05) is 6.07 Å². The Hall–Kier alpha value is -2.90. The van der Waals surface area contributed by atoms with E-state index in [9.17, 15) is 18.0 Å². The van der Waals surface area contributed by atoms with E-state index in [0.717, 1.165) is 19.2 Å². The second-order valence-corrected chi connectivity index (χ2v) is 7.33. The molecule has 9 nitrogen and oxygen atoms in total. The highest BCUT2D eigenvalue weighted by atomic mass is 32.2. The van der Waals surface area contributed by atoms with Gasteiger partial charge in [-0.15, -0.1) is 0 Å². The Balaban J connectivity index is 1.87. The second kappa shape index (κ2) is 9.16. The molecule has 0 aliphatic carbocycles. The minimum absolute atomic E-state index is 0.121. The van der Waals surface area contributed by atoms with Crippen molar-refractivity contribution in [3.63, 3.8) is 0 Å². The normalized spacial score (nSPS) is 14.7. The summed E-state index contributed by atoms with van der Waals surface area (Å²) in [5, 5.41) is 14.4. The summed E-state index contributed by atoms with van der Waals surface area (Å²) in [5.74, 6) is -0.459. The first-order valence-corrected chi connectivity index (χ1v) is 9.75. The van der Waals surface area contributed by atoms with Crippen molar-refractivity contribution in [1.82, 2.24) is 10.2 Å². The van der Waals surface area contributed by atoms with Crippen LogP contribution in [0.3, 0.4) is 0 Å². The first-order valence-electron chi connectivity index (χ1n) is 8.31. The van der Waals surface area contributed by atoms with Crippen molar-refractivity contribution in [1.29, 1.82) is 5.26 Å². The molecule has 0 radical (unpaired) electrons. The molecule has 1 aromatic rings. The number of carbonyl (C=O) groups excluding carboxylic acids is 2. The average Bonchev–Trinajstić information content (AvgIpc) is 3.04.